The van der Waals surface area contributed by atoms with Gasteiger partial charge in [0.05, 0.1) is 0 Å². The summed E-state index contributed by atoms with van der Waals surface area (Å²) in [6.45, 7) is 3.66. The molecule has 1 saturated heterocycles. The number of likely N-dealkylation sites (N-methyl/N-ethyl adjacent to an activating group) is 1. The summed E-state index contributed by atoms with van der Waals surface area (Å²) in [5.74, 6) is 0. The van der Waals surface area contributed by atoms with E-state index in [1.54, 1.807) is 0 Å². The van der Waals surface area contributed by atoms with Crippen molar-refractivity contribution in [3.05, 3.63) is 30.3 Å². The largest absolute Gasteiger partial charge is 0.396 e. The molecule has 0 bridgehead atoms. The predicted octanol–water partition coefficient (Wildman–Crippen LogP) is 2.36. The first-order valence-electron chi connectivity index (χ1n) is 7.84. The van der Waals surface area contributed by atoms with E-state index in [-0.39, 0.29) is 5.41 Å². The highest BCUT2D eigenvalue weighted by atomic mass is 16.3. The van der Waals surface area contributed by atoms with Crippen LogP contribution in [0.4, 0.5) is 5.69 Å². The SMILES string of the molecule is CN(CC1(CO)CCC1)[C@@H]1CCN(c2ccccc2)C1. The Labute approximate surface area is 122 Å². The molecule has 110 valence electrons. The van der Waals surface area contributed by atoms with E-state index in [2.05, 4.69) is 47.2 Å². The molecule has 1 saturated carbocycles. The van der Waals surface area contributed by atoms with Crippen molar-refractivity contribution in [2.75, 3.05) is 38.2 Å². The number of nitrogens with zero attached hydrogens (tertiary/aromatic N) is 2. The predicted molar refractivity (Wildman–Crippen MR) is 83.1 cm³/mol. The molecule has 1 aromatic rings. The van der Waals surface area contributed by atoms with Gasteiger partial charge in [0, 0.05) is 43.4 Å². The molecule has 1 aromatic carbocycles. The molecule has 3 rings (SSSR count). The summed E-state index contributed by atoms with van der Waals surface area (Å²) in [6.07, 6.45) is 4.91. The Morgan fingerprint density at radius 1 is 1.30 bits per heavy atom. The van der Waals surface area contributed by atoms with Gasteiger partial charge in [-0.2, -0.15) is 0 Å². The van der Waals surface area contributed by atoms with E-state index in [9.17, 15) is 5.11 Å². The minimum absolute atomic E-state index is 0.203. The normalized spacial score (nSPS) is 24.9. The number of para-hydroxylation sites is 1. The van der Waals surface area contributed by atoms with E-state index >= 15 is 0 Å². The average Bonchev–Trinajstić information content (AvgIpc) is 2.93. The molecular formula is C17H26N2O. The van der Waals surface area contributed by atoms with Gasteiger partial charge in [0.1, 0.15) is 0 Å². The maximum Gasteiger partial charge on any atom is 0.0499 e. The van der Waals surface area contributed by atoms with Gasteiger partial charge in [-0.15, -0.1) is 0 Å². The molecule has 3 nitrogen and oxygen atoms in total. The van der Waals surface area contributed by atoms with Gasteiger partial charge in [-0.25, -0.2) is 0 Å². The molecule has 0 amide bonds. The molecule has 3 heteroatoms. The van der Waals surface area contributed by atoms with E-state index in [0.717, 1.165) is 19.6 Å². The summed E-state index contributed by atoms with van der Waals surface area (Å²) in [5, 5.41) is 9.62. The monoisotopic (exact) mass is 274 g/mol. The average molecular weight is 274 g/mol. The highest BCUT2D eigenvalue weighted by Gasteiger charge is 2.39. The zero-order valence-electron chi connectivity index (χ0n) is 12.5. The first-order chi connectivity index (χ1) is 9.72. The quantitative estimate of drug-likeness (QED) is 0.893. The number of benzene rings is 1. The summed E-state index contributed by atoms with van der Waals surface area (Å²) in [6, 6.07) is 11.3. The Balaban J connectivity index is 1.57. The highest BCUT2D eigenvalue weighted by molar-refractivity contribution is 5.47. The Morgan fingerprint density at radius 2 is 2.05 bits per heavy atom. The van der Waals surface area contributed by atoms with Crippen molar-refractivity contribution in [2.45, 2.75) is 31.7 Å². The lowest BCUT2D eigenvalue weighted by Crippen LogP contribution is -2.47. The van der Waals surface area contributed by atoms with Crippen molar-refractivity contribution >= 4 is 5.69 Å². The van der Waals surface area contributed by atoms with Gasteiger partial charge >= 0.3 is 0 Å². The highest BCUT2D eigenvalue weighted by Crippen LogP contribution is 2.41. The lowest BCUT2D eigenvalue weighted by atomic mass is 9.69. The Morgan fingerprint density at radius 3 is 2.65 bits per heavy atom. The van der Waals surface area contributed by atoms with Crippen molar-refractivity contribution in [3.8, 4) is 0 Å². The van der Waals surface area contributed by atoms with Crippen molar-refractivity contribution in [3.63, 3.8) is 0 Å². The summed E-state index contributed by atoms with van der Waals surface area (Å²) < 4.78 is 0. The van der Waals surface area contributed by atoms with Gasteiger partial charge in [0.2, 0.25) is 0 Å². The van der Waals surface area contributed by atoms with Crippen LogP contribution in [0.25, 0.3) is 0 Å². The maximum absolute atomic E-state index is 9.62. The van der Waals surface area contributed by atoms with Gasteiger partial charge in [-0.3, -0.25) is 0 Å². The third-order valence-electron chi connectivity index (χ3n) is 5.24. The minimum atomic E-state index is 0.203. The van der Waals surface area contributed by atoms with Crippen molar-refractivity contribution in [1.29, 1.82) is 0 Å². The number of rotatable bonds is 5. The van der Waals surface area contributed by atoms with Crippen LogP contribution in [0.2, 0.25) is 0 Å². The summed E-state index contributed by atoms with van der Waals surface area (Å²) in [5.41, 5.74) is 1.54. The molecule has 1 aliphatic carbocycles. The Hall–Kier alpha value is -1.06. The molecule has 1 aliphatic heterocycles. The summed E-state index contributed by atoms with van der Waals surface area (Å²) >= 11 is 0. The molecule has 20 heavy (non-hydrogen) atoms. The lowest BCUT2D eigenvalue weighted by Gasteiger charge is -2.44. The topological polar surface area (TPSA) is 26.7 Å². The number of aliphatic hydroxyl groups excluding tert-OH is 1. The van der Waals surface area contributed by atoms with Crippen LogP contribution in [0.3, 0.4) is 0 Å². The molecule has 0 spiro atoms. The zero-order valence-corrected chi connectivity index (χ0v) is 12.5. The Kier molecular flexibility index (Phi) is 3.99. The molecule has 0 aromatic heterocycles. The second-order valence-electron chi connectivity index (χ2n) is 6.65. The molecule has 2 fully saturated rings. The van der Waals surface area contributed by atoms with Crippen molar-refractivity contribution in [2.24, 2.45) is 5.41 Å². The van der Waals surface area contributed by atoms with E-state index in [1.165, 1.54) is 31.4 Å². The Bertz CT molecular complexity index is 424. The molecule has 2 aliphatic rings. The standard InChI is InChI=1S/C17H26N2O/c1-18(13-17(14-20)9-5-10-17)16-8-11-19(12-16)15-6-3-2-4-7-15/h2-4,6-7,16,20H,5,8-14H2,1H3/t16-/m1/s1. The number of hydrogen-bond donors (Lipinski definition) is 1. The van der Waals surface area contributed by atoms with Crippen LogP contribution < -0.4 is 4.90 Å². The third kappa shape index (κ3) is 2.70. The number of aliphatic hydroxyl groups is 1. The van der Waals surface area contributed by atoms with Crippen molar-refractivity contribution in [1.82, 2.24) is 4.90 Å². The first-order valence-corrected chi connectivity index (χ1v) is 7.84. The van der Waals surface area contributed by atoms with Crippen LogP contribution in [0.5, 0.6) is 0 Å². The first kappa shape index (κ1) is 13.9. The van der Waals surface area contributed by atoms with Gasteiger partial charge in [-0.1, -0.05) is 24.6 Å². The molecular weight excluding hydrogens is 248 g/mol. The zero-order chi connectivity index (χ0) is 14.0. The molecule has 0 radical (unpaired) electrons. The van der Waals surface area contributed by atoms with Gasteiger partial charge in [0.25, 0.3) is 0 Å². The van der Waals surface area contributed by atoms with Crippen LogP contribution in [0, 0.1) is 5.41 Å². The van der Waals surface area contributed by atoms with Crippen LogP contribution in [0.1, 0.15) is 25.7 Å². The van der Waals surface area contributed by atoms with Gasteiger partial charge < -0.3 is 14.9 Å². The fourth-order valence-corrected chi connectivity index (χ4v) is 3.68. The van der Waals surface area contributed by atoms with Crippen LogP contribution in [-0.2, 0) is 0 Å². The van der Waals surface area contributed by atoms with Crippen molar-refractivity contribution < 1.29 is 5.11 Å². The van der Waals surface area contributed by atoms with E-state index in [4.69, 9.17) is 0 Å². The van der Waals surface area contributed by atoms with E-state index in [1.807, 2.05) is 0 Å². The second-order valence-corrected chi connectivity index (χ2v) is 6.65. The van der Waals surface area contributed by atoms with E-state index in [0.29, 0.717) is 12.6 Å². The third-order valence-corrected chi connectivity index (χ3v) is 5.24. The number of anilines is 1. The molecule has 1 atom stereocenters. The summed E-state index contributed by atoms with van der Waals surface area (Å²) in [7, 11) is 2.23. The fourth-order valence-electron chi connectivity index (χ4n) is 3.68. The van der Waals surface area contributed by atoms with Crippen LogP contribution >= 0.6 is 0 Å². The maximum atomic E-state index is 9.62. The fraction of sp³-hybridized carbons (Fsp3) is 0.647. The summed E-state index contributed by atoms with van der Waals surface area (Å²) in [4.78, 5) is 4.96. The molecule has 1 N–H and O–H groups in total. The smallest absolute Gasteiger partial charge is 0.0499 e. The second kappa shape index (κ2) is 5.74. The molecule has 0 unspecified atom stereocenters. The lowest BCUT2D eigenvalue weighted by molar-refractivity contribution is 0.00603. The van der Waals surface area contributed by atoms with Gasteiger partial charge in [-0.05, 0) is 38.4 Å². The number of hydrogen-bond acceptors (Lipinski definition) is 3. The van der Waals surface area contributed by atoms with E-state index < -0.39 is 0 Å². The van der Waals surface area contributed by atoms with Crippen LogP contribution in [0.15, 0.2) is 30.3 Å². The minimum Gasteiger partial charge on any atom is -0.396 e. The van der Waals surface area contributed by atoms with Gasteiger partial charge in [0.15, 0.2) is 0 Å². The van der Waals surface area contributed by atoms with Crippen LogP contribution in [-0.4, -0.2) is 49.3 Å². The molecule has 1 heterocycles.